The summed E-state index contributed by atoms with van der Waals surface area (Å²) in [4.78, 5) is 25.1. The zero-order valence-electron chi connectivity index (χ0n) is 17.3. The van der Waals surface area contributed by atoms with Gasteiger partial charge in [0.15, 0.2) is 0 Å². The molecule has 0 saturated carbocycles. The molecule has 2 N–H and O–H groups in total. The van der Waals surface area contributed by atoms with Crippen LogP contribution in [0.5, 0.6) is 0 Å². The summed E-state index contributed by atoms with van der Waals surface area (Å²) >= 11 is 1.20. The molecule has 3 rings (SSSR count). The maximum Gasteiger partial charge on any atom is 0.316 e. The van der Waals surface area contributed by atoms with E-state index in [0.29, 0.717) is 34.2 Å². The number of dihydropyridines is 1. The van der Waals surface area contributed by atoms with Crippen molar-refractivity contribution in [3.63, 3.8) is 0 Å². The number of carbonyl (C=O) groups is 2. The van der Waals surface area contributed by atoms with Crippen molar-refractivity contribution in [2.24, 2.45) is 0 Å². The predicted molar refractivity (Wildman–Crippen MR) is 122 cm³/mol. The lowest BCUT2D eigenvalue weighted by atomic mass is 9.82. The van der Waals surface area contributed by atoms with Gasteiger partial charge in [-0.25, -0.2) is 0 Å². The molecular weight excluding hydrogens is 410 g/mol. The number of para-hydroxylation sites is 1. The van der Waals surface area contributed by atoms with Gasteiger partial charge in [-0.15, -0.1) is 0 Å². The highest BCUT2D eigenvalue weighted by Gasteiger charge is 2.34. The molecule has 1 aliphatic heterocycles. The van der Waals surface area contributed by atoms with E-state index in [9.17, 15) is 14.9 Å². The van der Waals surface area contributed by atoms with Crippen LogP contribution in [0.3, 0.4) is 0 Å². The Kier molecular flexibility index (Phi) is 7.52. The van der Waals surface area contributed by atoms with Gasteiger partial charge in [-0.3, -0.25) is 9.59 Å². The van der Waals surface area contributed by atoms with Crippen LogP contribution in [0.25, 0.3) is 0 Å². The molecule has 0 aromatic heterocycles. The van der Waals surface area contributed by atoms with Crippen LogP contribution in [0, 0.1) is 11.3 Å². The second-order valence-corrected chi connectivity index (χ2v) is 7.76. The number of nitrogens with zero attached hydrogens (tertiary/aromatic N) is 1. The lowest BCUT2D eigenvalue weighted by molar-refractivity contribution is -0.139. The number of benzene rings is 2. The van der Waals surface area contributed by atoms with E-state index in [0.717, 1.165) is 5.56 Å². The number of nitrogens with one attached hydrogen (secondary N) is 2. The van der Waals surface area contributed by atoms with Crippen LogP contribution in [-0.4, -0.2) is 24.2 Å². The van der Waals surface area contributed by atoms with Gasteiger partial charge in [0.05, 0.1) is 34.9 Å². The number of anilines is 1. The van der Waals surface area contributed by atoms with Gasteiger partial charge in [-0.1, -0.05) is 60.3 Å². The molecule has 158 valence electrons. The maximum absolute atomic E-state index is 13.3. The molecule has 6 nitrogen and oxygen atoms in total. The molecule has 0 fully saturated rings. The maximum atomic E-state index is 13.3. The van der Waals surface area contributed by atoms with Crippen molar-refractivity contribution in [2.75, 3.05) is 17.7 Å². The van der Waals surface area contributed by atoms with E-state index in [-0.39, 0.29) is 17.6 Å². The van der Waals surface area contributed by atoms with Crippen LogP contribution < -0.4 is 10.6 Å². The molecule has 2 aromatic carbocycles. The van der Waals surface area contributed by atoms with Crippen LogP contribution >= 0.6 is 11.8 Å². The monoisotopic (exact) mass is 433 g/mol. The number of hydrogen-bond donors (Lipinski definition) is 2. The number of allylic oxidation sites excluding steroid dienone is 2. The normalized spacial score (nSPS) is 15.7. The first kappa shape index (κ1) is 22.2. The quantitative estimate of drug-likeness (QED) is 0.632. The SMILES string of the molecule is CCOC(=O)CSC1=C(C#N)[C@H](c2ccccc2)C(C(=O)Nc2ccccc2)=C(C)N1. The lowest BCUT2D eigenvalue weighted by Gasteiger charge is -2.29. The summed E-state index contributed by atoms with van der Waals surface area (Å²) in [6.45, 7) is 3.85. The number of carbonyl (C=O) groups excluding carboxylic acids is 2. The summed E-state index contributed by atoms with van der Waals surface area (Å²) in [5.41, 5.74) is 2.99. The second-order valence-electron chi connectivity index (χ2n) is 6.78. The van der Waals surface area contributed by atoms with Gasteiger partial charge < -0.3 is 15.4 Å². The molecule has 1 heterocycles. The first-order chi connectivity index (χ1) is 15.0. The Morgan fingerprint density at radius 3 is 2.39 bits per heavy atom. The van der Waals surface area contributed by atoms with Crippen LogP contribution in [0.15, 0.2) is 82.5 Å². The Balaban J connectivity index is 1.98. The number of esters is 1. The van der Waals surface area contributed by atoms with Crippen molar-refractivity contribution >= 4 is 29.3 Å². The van der Waals surface area contributed by atoms with E-state index in [1.54, 1.807) is 13.8 Å². The van der Waals surface area contributed by atoms with Crippen molar-refractivity contribution in [3.8, 4) is 6.07 Å². The van der Waals surface area contributed by atoms with E-state index in [1.165, 1.54) is 11.8 Å². The highest BCUT2D eigenvalue weighted by atomic mass is 32.2. The van der Waals surface area contributed by atoms with E-state index in [4.69, 9.17) is 4.74 Å². The highest BCUT2D eigenvalue weighted by Crippen LogP contribution is 2.40. The Hall–Kier alpha value is -3.50. The number of rotatable bonds is 7. The first-order valence-corrected chi connectivity index (χ1v) is 10.9. The van der Waals surface area contributed by atoms with Crippen LogP contribution in [0.4, 0.5) is 5.69 Å². The number of ether oxygens (including phenoxy) is 1. The Labute approximate surface area is 186 Å². The molecule has 0 saturated heterocycles. The smallest absolute Gasteiger partial charge is 0.316 e. The average molecular weight is 434 g/mol. The third kappa shape index (κ3) is 5.36. The molecular formula is C24H23N3O3S. The first-order valence-electron chi connectivity index (χ1n) is 9.87. The molecule has 0 bridgehead atoms. The molecule has 0 unspecified atom stereocenters. The largest absolute Gasteiger partial charge is 0.465 e. The number of thioether (sulfide) groups is 1. The van der Waals surface area contributed by atoms with Crippen molar-refractivity contribution in [3.05, 3.63) is 88.1 Å². The van der Waals surface area contributed by atoms with E-state index in [1.807, 2.05) is 60.7 Å². The minimum Gasteiger partial charge on any atom is -0.465 e. The molecule has 2 aromatic rings. The van der Waals surface area contributed by atoms with Gasteiger partial charge in [0.2, 0.25) is 0 Å². The fraction of sp³-hybridized carbons (Fsp3) is 0.208. The number of nitriles is 1. The fourth-order valence-corrected chi connectivity index (χ4v) is 4.25. The highest BCUT2D eigenvalue weighted by molar-refractivity contribution is 8.03. The molecule has 1 aliphatic rings. The fourth-order valence-electron chi connectivity index (χ4n) is 3.36. The molecule has 1 amide bonds. The minimum atomic E-state index is -0.555. The molecule has 0 radical (unpaired) electrons. The van der Waals surface area contributed by atoms with Crippen molar-refractivity contribution in [2.45, 2.75) is 19.8 Å². The molecule has 31 heavy (non-hydrogen) atoms. The zero-order valence-corrected chi connectivity index (χ0v) is 18.2. The predicted octanol–water partition coefficient (Wildman–Crippen LogP) is 4.32. The van der Waals surface area contributed by atoms with E-state index in [2.05, 4.69) is 16.7 Å². The van der Waals surface area contributed by atoms with Gasteiger partial charge in [-0.2, -0.15) is 5.26 Å². The van der Waals surface area contributed by atoms with Crippen molar-refractivity contribution in [1.82, 2.24) is 5.32 Å². The average Bonchev–Trinajstić information content (AvgIpc) is 2.78. The Morgan fingerprint density at radius 2 is 1.77 bits per heavy atom. The van der Waals surface area contributed by atoms with Crippen molar-refractivity contribution < 1.29 is 14.3 Å². The van der Waals surface area contributed by atoms with E-state index < -0.39 is 5.92 Å². The number of amides is 1. The van der Waals surface area contributed by atoms with E-state index >= 15 is 0 Å². The van der Waals surface area contributed by atoms with Crippen LogP contribution in [-0.2, 0) is 14.3 Å². The second kappa shape index (κ2) is 10.5. The molecule has 0 aliphatic carbocycles. The number of hydrogen-bond acceptors (Lipinski definition) is 6. The third-order valence-corrected chi connectivity index (χ3v) is 5.69. The Morgan fingerprint density at radius 1 is 1.13 bits per heavy atom. The summed E-state index contributed by atoms with van der Waals surface area (Å²) in [7, 11) is 0. The van der Waals surface area contributed by atoms with Crippen LogP contribution in [0.2, 0.25) is 0 Å². The summed E-state index contributed by atoms with van der Waals surface area (Å²) < 4.78 is 5.00. The van der Waals surface area contributed by atoms with Gasteiger partial charge in [-0.05, 0) is 31.5 Å². The summed E-state index contributed by atoms with van der Waals surface area (Å²) in [5, 5.41) is 16.6. The van der Waals surface area contributed by atoms with Gasteiger partial charge in [0.1, 0.15) is 0 Å². The third-order valence-electron chi connectivity index (χ3n) is 4.70. The van der Waals surface area contributed by atoms with Gasteiger partial charge in [0, 0.05) is 17.0 Å². The minimum absolute atomic E-state index is 0.0711. The van der Waals surface area contributed by atoms with Gasteiger partial charge in [0.25, 0.3) is 5.91 Å². The lowest BCUT2D eigenvalue weighted by Crippen LogP contribution is -2.31. The Bertz CT molecular complexity index is 1060. The molecule has 7 heteroatoms. The summed E-state index contributed by atoms with van der Waals surface area (Å²) in [5.74, 6) is -1.13. The topological polar surface area (TPSA) is 91.2 Å². The van der Waals surface area contributed by atoms with Crippen molar-refractivity contribution in [1.29, 1.82) is 5.26 Å². The summed E-state index contributed by atoms with van der Waals surface area (Å²) in [6.07, 6.45) is 0. The molecule has 1 atom stereocenters. The van der Waals surface area contributed by atoms with Gasteiger partial charge >= 0.3 is 5.97 Å². The summed E-state index contributed by atoms with van der Waals surface area (Å²) in [6, 6.07) is 20.9. The zero-order chi connectivity index (χ0) is 22.2. The van der Waals surface area contributed by atoms with Crippen LogP contribution in [0.1, 0.15) is 25.3 Å². The molecule has 0 spiro atoms. The standard InChI is InChI=1S/C24H23N3O3S/c1-3-30-20(28)15-31-24-19(14-25)22(17-10-6-4-7-11-17)21(16(2)26-24)23(29)27-18-12-8-5-9-13-18/h4-13,22,26H,3,15H2,1-2H3,(H,27,29)/t22-/m0/s1.